The Bertz CT molecular complexity index is 992. The molecule has 0 bridgehead atoms. The number of hydrogen-bond donors (Lipinski definition) is 0. The fourth-order valence-electron chi connectivity index (χ4n) is 3.13. The first-order valence-electron chi connectivity index (χ1n) is 8.93. The molecule has 0 saturated carbocycles. The van der Waals surface area contributed by atoms with E-state index in [1.165, 1.54) is 34.6 Å². The van der Waals surface area contributed by atoms with Gasteiger partial charge in [0, 0.05) is 32.6 Å². The summed E-state index contributed by atoms with van der Waals surface area (Å²) in [4.78, 5) is 14.1. The van der Waals surface area contributed by atoms with Gasteiger partial charge in [0.2, 0.25) is 15.9 Å². The molecule has 0 atom stereocenters. The molecule has 2 aromatic carbocycles. The van der Waals surface area contributed by atoms with Crippen LogP contribution in [0.4, 0.5) is 4.39 Å². The SMILES string of the molecule is N#Cc1ccc(S(=O)(=O)N2CCN(C(=O)CCc3ccccc3F)CC2)cc1. The molecule has 146 valence electrons. The molecule has 0 spiro atoms. The van der Waals surface area contributed by atoms with Gasteiger partial charge in [0.25, 0.3) is 0 Å². The maximum absolute atomic E-state index is 13.7. The lowest BCUT2D eigenvalue weighted by Gasteiger charge is -2.34. The number of amides is 1. The van der Waals surface area contributed by atoms with Crippen LogP contribution < -0.4 is 0 Å². The van der Waals surface area contributed by atoms with Gasteiger partial charge in [-0.25, -0.2) is 12.8 Å². The third kappa shape index (κ3) is 4.38. The molecule has 1 amide bonds. The second-order valence-electron chi connectivity index (χ2n) is 6.51. The van der Waals surface area contributed by atoms with Gasteiger partial charge in [0.05, 0.1) is 16.5 Å². The van der Waals surface area contributed by atoms with E-state index >= 15 is 0 Å². The Morgan fingerprint density at radius 3 is 2.29 bits per heavy atom. The molecule has 0 unspecified atom stereocenters. The number of carbonyl (C=O) groups is 1. The molecule has 2 aromatic rings. The molecule has 28 heavy (non-hydrogen) atoms. The first-order chi connectivity index (χ1) is 13.4. The summed E-state index contributed by atoms with van der Waals surface area (Å²) in [5.74, 6) is -0.438. The van der Waals surface area contributed by atoms with Crippen LogP contribution in [0.25, 0.3) is 0 Å². The van der Waals surface area contributed by atoms with E-state index in [1.807, 2.05) is 6.07 Å². The minimum absolute atomic E-state index is 0.112. The summed E-state index contributed by atoms with van der Waals surface area (Å²) >= 11 is 0. The quantitative estimate of drug-likeness (QED) is 0.769. The number of rotatable bonds is 5. The molecule has 1 saturated heterocycles. The molecule has 1 heterocycles. The lowest BCUT2D eigenvalue weighted by atomic mass is 10.1. The van der Waals surface area contributed by atoms with E-state index in [0.29, 0.717) is 30.6 Å². The summed E-state index contributed by atoms with van der Waals surface area (Å²) in [7, 11) is -3.66. The summed E-state index contributed by atoms with van der Waals surface area (Å²) < 4.78 is 40.4. The van der Waals surface area contributed by atoms with Crippen molar-refractivity contribution >= 4 is 15.9 Å². The Kier molecular flexibility index (Phi) is 6.07. The number of benzene rings is 2. The number of halogens is 1. The van der Waals surface area contributed by atoms with Crippen molar-refractivity contribution in [1.29, 1.82) is 5.26 Å². The van der Waals surface area contributed by atoms with Crippen LogP contribution in [0.15, 0.2) is 53.4 Å². The minimum atomic E-state index is -3.66. The number of piperazine rings is 1. The minimum Gasteiger partial charge on any atom is -0.340 e. The predicted molar refractivity (Wildman–Crippen MR) is 101 cm³/mol. The highest BCUT2D eigenvalue weighted by Gasteiger charge is 2.30. The smallest absolute Gasteiger partial charge is 0.243 e. The maximum atomic E-state index is 13.7. The van der Waals surface area contributed by atoms with Crippen molar-refractivity contribution < 1.29 is 17.6 Å². The lowest BCUT2D eigenvalue weighted by molar-refractivity contribution is -0.132. The van der Waals surface area contributed by atoms with Gasteiger partial charge in [-0.2, -0.15) is 9.57 Å². The summed E-state index contributed by atoms with van der Waals surface area (Å²) in [6, 6.07) is 14.1. The molecule has 0 aromatic heterocycles. The van der Waals surface area contributed by atoms with Crippen molar-refractivity contribution in [3.63, 3.8) is 0 Å². The number of sulfonamides is 1. The molecule has 0 radical (unpaired) electrons. The van der Waals surface area contributed by atoms with Gasteiger partial charge in [0.1, 0.15) is 5.82 Å². The second-order valence-corrected chi connectivity index (χ2v) is 8.45. The van der Waals surface area contributed by atoms with Crippen LogP contribution in [0, 0.1) is 17.1 Å². The summed E-state index contributed by atoms with van der Waals surface area (Å²) in [5, 5.41) is 8.82. The second kappa shape index (κ2) is 8.50. The molecule has 0 aliphatic carbocycles. The predicted octanol–water partition coefficient (Wildman–Crippen LogP) is 2.16. The summed E-state index contributed by atoms with van der Waals surface area (Å²) in [6.07, 6.45) is 0.499. The third-order valence-electron chi connectivity index (χ3n) is 4.78. The van der Waals surface area contributed by atoms with Crippen LogP contribution in [0.5, 0.6) is 0 Å². The van der Waals surface area contributed by atoms with E-state index in [9.17, 15) is 17.6 Å². The lowest BCUT2D eigenvalue weighted by Crippen LogP contribution is -2.50. The van der Waals surface area contributed by atoms with E-state index < -0.39 is 10.0 Å². The van der Waals surface area contributed by atoms with Gasteiger partial charge < -0.3 is 4.90 Å². The number of aryl methyl sites for hydroxylation is 1. The third-order valence-corrected chi connectivity index (χ3v) is 6.69. The Morgan fingerprint density at radius 1 is 1.04 bits per heavy atom. The van der Waals surface area contributed by atoms with Gasteiger partial charge in [-0.3, -0.25) is 4.79 Å². The molecular formula is C20H20FN3O3S. The average molecular weight is 401 g/mol. The van der Waals surface area contributed by atoms with Crippen LogP contribution in [-0.2, 0) is 21.2 Å². The van der Waals surface area contributed by atoms with E-state index in [1.54, 1.807) is 23.1 Å². The van der Waals surface area contributed by atoms with Crippen molar-refractivity contribution in [3.05, 3.63) is 65.5 Å². The Labute approximate surface area is 163 Å². The highest BCUT2D eigenvalue weighted by atomic mass is 32.2. The van der Waals surface area contributed by atoms with Gasteiger partial charge >= 0.3 is 0 Å². The molecule has 1 aliphatic rings. The normalized spacial score (nSPS) is 15.2. The fourth-order valence-corrected chi connectivity index (χ4v) is 4.55. The van der Waals surface area contributed by atoms with Crippen LogP contribution in [0.2, 0.25) is 0 Å². The van der Waals surface area contributed by atoms with Gasteiger partial charge in [-0.1, -0.05) is 18.2 Å². The van der Waals surface area contributed by atoms with Crippen molar-refractivity contribution in [2.24, 2.45) is 0 Å². The van der Waals surface area contributed by atoms with E-state index in [2.05, 4.69) is 0 Å². The van der Waals surface area contributed by atoms with E-state index in [0.717, 1.165) is 0 Å². The van der Waals surface area contributed by atoms with Crippen molar-refractivity contribution in [3.8, 4) is 6.07 Å². The Balaban J connectivity index is 1.56. The van der Waals surface area contributed by atoms with Crippen LogP contribution in [0.1, 0.15) is 17.5 Å². The molecule has 8 heteroatoms. The highest BCUT2D eigenvalue weighted by molar-refractivity contribution is 7.89. The topological polar surface area (TPSA) is 81.5 Å². The zero-order valence-electron chi connectivity index (χ0n) is 15.2. The summed E-state index contributed by atoms with van der Waals surface area (Å²) in [6.45, 7) is 0.999. The monoisotopic (exact) mass is 401 g/mol. The zero-order valence-corrected chi connectivity index (χ0v) is 16.0. The Hall–Kier alpha value is -2.76. The van der Waals surface area contributed by atoms with Crippen LogP contribution >= 0.6 is 0 Å². The highest BCUT2D eigenvalue weighted by Crippen LogP contribution is 2.19. The number of nitriles is 1. The molecule has 1 fully saturated rings. The molecule has 1 aliphatic heterocycles. The molecule has 3 rings (SSSR count). The number of carbonyl (C=O) groups excluding carboxylic acids is 1. The van der Waals surface area contributed by atoms with Crippen molar-refractivity contribution in [1.82, 2.24) is 9.21 Å². The molecule has 0 N–H and O–H groups in total. The van der Waals surface area contributed by atoms with Crippen molar-refractivity contribution in [2.45, 2.75) is 17.7 Å². The molecular weight excluding hydrogens is 381 g/mol. The van der Waals surface area contributed by atoms with Crippen LogP contribution in [-0.4, -0.2) is 49.7 Å². The van der Waals surface area contributed by atoms with E-state index in [-0.39, 0.29) is 36.1 Å². The molecule has 6 nitrogen and oxygen atoms in total. The number of nitrogens with zero attached hydrogens (tertiary/aromatic N) is 3. The van der Waals surface area contributed by atoms with Crippen LogP contribution in [0.3, 0.4) is 0 Å². The summed E-state index contributed by atoms with van der Waals surface area (Å²) in [5.41, 5.74) is 0.891. The van der Waals surface area contributed by atoms with Crippen molar-refractivity contribution in [2.75, 3.05) is 26.2 Å². The van der Waals surface area contributed by atoms with Gasteiger partial charge in [-0.15, -0.1) is 0 Å². The average Bonchev–Trinajstić information content (AvgIpc) is 2.73. The standard InChI is InChI=1S/C20H20FN3O3S/c21-19-4-2-1-3-17(19)7-10-20(25)23-11-13-24(14-12-23)28(26,27)18-8-5-16(15-22)6-9-18/h1-6,8-9H,7,10-14H2. The van der Waals surface area contributed by atoms with Gasteiger partial charge in [-0.05, 0) is 42.3 Å². The first kappa shape index (κ1) is 20.0. The Morgan fingerprint density at radius 2 is 1.68 bits per heavy atom. The van der Waals surface area contributed by atoms with E-state index in [4.69, 9.17) is 5.26 Å². The number of hydrogen-bond acceptors (Lipinski definition) is 4. The first-order valence-corrected chi connectivity index (χ1v) is 10.4. The largest absolute Gasteiger partial charge is 0.340 e. The maximum Gasteiger partial charge on any atom is 0.243 e. The zero-order chi connectivity index (χ0) is 20.1. The fraction of sp³-hybridized carbons (Fsp3) is 0.300. The van der Waals surface area contributed by atoms with Gasteiger partial charge in [0.15, 0.2) is 0 Å².